The maximum Gasteiger partial charge on any atom is 0.215 e. The standard InChI is InChI=1S/C16H26N4O3S/c1-13-3-4-15(18-9-13)23-14-5-7-20(8-6-14)24(21,22)11-16(2)10-17-12-19-16/h3-4,9,14,17,19H,5-8,10-12H2,1-2H3/t16-/m0/s1. The van der Waals surface area contributed by atoms with Gasteiger partial charge in [0.15, 0.2) is 0 Å². The van der Waals surface area contributed by atoms with Gasteiger partial charge in [0.1, 0.15) is 6.10 Å². The molecule has 0 unspecified atom stereocenters. The predicted molar refractivity (Wildman–Crippen MR) is 92.4 cm³/mol. The van der Waals surface area contributed by atoms with Crippen LogP contribution >= 0.6 is 0 Å². The molecule has 0 amide bonds. The van der Waals surface area contributed by atoms with Crippen molar-refractivity contribution in [3.63, 3.8) is 0 Å². The average Bonchev–Trinajstić information content (AvgIpc) is 2.95. The molecule has 2 aliphatic rings. The Labute approximate surface area is 143 Å². The lowest BCUT2D eigenvalue weighted by molar-refractivity contribution is 0.129. The SMILES string of the molecule is Cc1ccc(OC2CCN(S(=O)(=O)C[C@]3(C)CNCN3)CC2)nc1. The second kappa shape index (κ2) is 6.95. The number of nitrogens with one attached hydrogen (secondary N) is 2. The van der Waals surface area contributed by atoms with Gasteiger partial charge in [0, 0.05) is 44.1 Å². The molecule has 134 valence electrons. The predicted octanol–water partition coefficient (Wildman–Crippen LogP) is 0.472. The van der Waals surface area contributed by atoms with Gasteiger partial charge in [-0.1, -0.05) is 6.07 Å². The summed E-state index contributed by atoms with van der Waals surface area (Å²) >= 11 is 0. The first-order valence-corrected chi connectivity index (χ1v) is 10.0. The molecular formula is C16H26N4O3S. The summed E-state index contributed by atoms with van der Waals surface area (Å²) in [6, 6.07) is 3.82. The third-order valence-electron chi connectivity index (χ3n) is 4.62. The number of hydrogen-bond acceptors (Lipinski definition) is 6. The summed E-state index contributed by atoms with van der Waals surface area (Å²) in [6.45, 7) is 6.26. The molecule has 8 heteroatoms. The van der Waals surface area contributed by atoms with Crippen LogP contribution in [-0.2, 0) is 10.0 Å². The van der Waals surface area contributed by atoms with Crippen LogP contribution in [0.3, 0.4) is 0 Å². The fourth-order valence-corrected chi connectivity index (χ4v) is 5.15. The normalized spacial score (nSPS) is 26.6. The Bertz CT molecular complexity index is 648. The van der Waals surface area contributed by atoms with Gasteiger partial charge in [-0.3, -0.25) is 5.32 Å². The van der Waals surface area contributed by atoms with Crippen LogP contribution < -0.4 is 15.4 Å². The number of piperidine rings is 1. The highest BCUT2D eigenvalue weighted by Crippen LogP contribution is 2.21. The van der Waals surface area contributed by atoms with Crippen molar-refractivity contribution in [2.45, 2.75) is 38.3 Å². The van der Waals surface area contributed by atoms with Crippen LogP contribution in [0.4, 0.5) is 0 Å². The highest BCUT2D eigenvalue weighted by Gasteiger charge is 2.37. The minimum absolute atomic E-state index is 0.0218. The molecular weight excluding hydrogens is 328 g/mol. The molecule has 0 radical (unpaired) electrons. The summed E-state index contributed by atoms with van der Waals surface area (Å²) in [6.07, 6.45) is 3.18. The summed E-state index contributed by atoms with van der Waals surface area (Å²) in [5.74, 6) is 0.730. The molecule has 2 N–H and O–H groups in total. The van der Waals surface area contributed by atoms with Crippen LogP contribution in [0.1, 0.15) is 25.3 Å². The summed E-state index contributed by atoms with van der Waals surface area (Å²) < 4.78 is 32.8. The Morgan fingerprint density at radius 2 is 2.12 bits per heavy atom. The molecule has 1 aromatic heterocycles. The van der Waals surface area contributed by atoms with Crippen LogP contribution in [0.25, 0.3) is 0 Å². The number of rotatable bonds is 5. The van der Waals surface area contributed by atoms with Crippen LogP contribution in [0, 0.1) is 6.92 Å². The van der Waals surface area contributed by atoms with E-state index in [1.54, 1.807) is 10.5 Å². The first-order chi connectivity index (χ1) is 11.4. The topological polar surface area (TPSA) is 83.6 Å². The molecule has 1 aromatic rings. The Morgan fingerprint density at radius 3 is 2.71 bits per heavy atom. The van der Waals surface area contributed by atoms with Crippen LogP contribution in [0.5, 0.6) is 5.88 Å². The van der Waals surface area contributed by atoms with Crippen molar-refractivity contribution >= 4 is 10.0 Å². The average molecular weight is 354 g/mol. The van der Waals surface area contributed by atoms with Crippen molar-refractivity contribution in [2.75, 3.05) is 32.1 Å². The minimum Gasteiger partial charge on any atom is -0.474 e. The number of pyridine rings is 1. The van der Waals surface area contributed by atoms with Gasteiger partial charge >= 0.3 is 0 Å². The third kappa shape index (κ3) is 4.24. The Morgan fingerprint density at radius 1 is 1.38 bits per heavy atom. The highest BCUT2D eigenvalue weighted by molar-refractivity contribution is 7.89. The maximum atomic E-state index is 12.7. The van der Waals surface area contributed by atoms with E-state index in [-0.39, 0.29) is 11.9 Å². The molecule has 2 aliphatic heterocycles. The van der Waals surface area contributed by atoms with Crippen LogP contribution in [0.2, 0.25) is 0 Å². The summed E-state index contributed by atoms with van der Waals surface area (Å²) in [4.78, 5) is 4.25. The lowest BCUT2D eigenvalue weighted by Gasteiger charge is -2.33. The lowest BCUT2D eigenvalue weighted by atomic mass is 10.1. The number of aromatic nitrogens is 1. The van der Waals surface area contributed by atoms with E-state index >= 15 is 0 Å². The Kier molecular flexibility index (Phi) is 5.10. The Hall–Kier alpha value is -1.22. The molecule has 0 aromatic carbocycles. The summed E-state index contributed by atoms with van der Waals surface area (Å²) in [7, 11) is -3.27. The molecule has 0 aliphatic carbocycles. The summed E-state index contributed by atoms with van der Waals surface area (Å²) in [5, 5.41) is 6.38. The number of hydrogen-bond donors (Lipinski definition) is 2. The van der Waals surface area contributed by atoms with E-state index < -0.39 is 15.6 Å². The van der Waals surface area contributed by atoms with Gasteiger partial charge < -0.3 is 10.1 Å². The molecule has 1 atom stereocenters. The van der Waals surface area contributed by atoms with Gasteiger partial charge in [0.2, 0.25) is 15.9 Å². The number of aryl methyl sites for hydroxylation is 1. The lowest BCUT2D eigenvalue weighted by Crippen LogP contribution is -2.51. The van der Waals surface area contributed by atoms with Gasteiger partial charge in [-0.25, -0.2) is 17.7 Å². The molecule has 3 heterocycles. The maximum absolute atomic E-state index is 12.7. The molecule has 0 bridgehead atoms. The highest BCUT2D eigenvalue weighted by atomic mass is 32.2. The molecule has 2 fully saturated rings. The third-order valence-corrected chi connectivity index (χ3v) is 6.78. The first-order valence-electron chi connectivity index (χ1n) is 8.39. The van der Waals surface area contributed by atoms with E-state index in [1.165, 1.54) is 0 Å². The zero-order valence-corrected chi connectivity index (χ0v) is 15.1. The zero-order chi connectivity index (χ0) is 17.2. The van der Waals surface area contributed by atoms with Crippen molar-refractivity contribution in [2.24, 2.45) is 0 Å². The smallest absolute Gasteiger partial charge is 0.215 e. The fourth-order valence-electron chi connectivity index (χ4n) is 3.20. The van der Waals surface area contributed by atoms with Gasteiger partial charge in [0.25, 0.3) is 0 Å². The monoisotopic (exact) mass is 354 g/mol. The van der Waals surface area contributed by atoms with E-state index in [4.69, 9.17) is 4.74 Å². The minimum atomic E-state index is -3.27. The van der Waals surface area contributed by atoms with Crippen molar-refractivity contribution in [3.05, 3.63) is 23.9 Å². The zero-order valence-electron chi connectivity index (χ0n) is 14.3. The second-order valence-corrected chi connectivity index (χ2v) is 8.96. The Balaban J connectivity index is 1.53. The van der Waals surface area contributed by atoms with Crippen molar-refractivity contribution in [1.29, 1.82) is 0 Å². The van der Waals surface area contributed by atoms with Gasteiger partial charge in [-0.2, -0.15) is 0 Å². The molecule has 0 saturated carbocycles. The first kappa shape index (κ1) is 17.6. The van der Waals surface area contributed by atoms with Crippen LogP contribution in [0.15, 0.2) is 18.3 Å². The molecule has 24 heavy (non-hydrogen) atoms. The van der Waals surface area contributed by atoms with Gasteiger partial charge in [-0.15, -0.1) is 0 Å². The van der Waals surface area contributed by atoms with Crippen molar-refractivity contribution < 1.29 is 13.2 Å². The molecule has 7 nitrogen and oxygen atoms in total. The van der Waals surface area contributed by atoms with Crippen molar-refractivity contribution in [3.8, 4) is 5.88 Å². The van der Waals surface area contributed by atoms with Gasteiger partial charge in [0.05, 0.1) is 5.75 Å². The second-order valence-electron chi connectivity index (χ2n) is 6.99. The van der Waals surface area contributed by atoms with E-state index in [0.717, 1.165) is 5.56 Å². The summed E-state index contributed by atoms with van der Waals surface area (Å²) in [5.41, 5.74) is 0.699. The van der Waals surface area contributed by atoms with E-state index in [1.807, 2.05) is 26.0 Å². The van der Waals surface area contributed by atoms with Gasteiger partial charge in [-0.05, 0) is 32.3 Å². The number of sulfonamides is 1. The quantitative estimate of drug-likeness (QED) is 0.800. The van der Waals surface area contributed by atoms with E-state index in [9.17, 15) is 8.42 Å². The number of nitrogens with zero attached hydrogens (tertiary/aromatic N) is 2. The van der Waals surface area contributed by atoms with E-state index in [2.05, 4.69) is 15.6 Å². The van der Waals surface area contributed by atoms with E-state index in [0.29, 0.717) is 45.0 Å². The largest absolute Gasteiger partial charge is 0.474 e. The molecule has 0 spiro atoms. The molecule has 3 rings (SSSR count). The van der Waals surface area contributed by atoms with Crippen LogP contribution in [-0.4, -0.2) is 61.4 Å². The number of ether oxygens (including phenoxy) is 1. The fraction of sp³-hybridized carbons (Fsp3) is 0.688. The molecule has 2 saturated heterocycles. The van der Waals surface area contributed by atoms with Crippen molar-refractivity contribution in [1.82, 2.24) is 19.9 Å².